The average molecular weight is 583 g/mol. The maximum atomic E-state index is 2.48. The summed E-state index contributed by atoms with van der Waals surface area (Å²) in [5.41, 5.74) is 11.5. The van der Waals surface area contributed by atoms with Crippen LogP contribution in [0, 0.1) is 5.92 Å². The van der Waals surface area contributed by atoms with Gasteiger partial charge in [0.25, 0.3) is 0 Å². The molecule has 174 valence electrons. The van der Waals surface area contributed by atoms with Gasteiger partial charge in [0.15, 0.2) is 0 Å². The predicted molar refractivity (Wildman–Crippen MR) is 138 cm³/mol. The molecular formula is C33H24Cl2Zr. The molecule has 7 rings (SSSR count). The smallest absolute Gasteiger partial charge is 1.00 e. The van der Waals surface area contributed by atoms with E-state index < -0.39 is 0 Å². The molecule has 2 atom stereocenters. The molecule has 2 unspecified atom stereocenters. The van der Waals surface area contributed by atoms with Crippen LogP contribution in [0.25, 0.3) is 21.9 Å². The summed E-state index contributed by atoms with van der Waals surface area (Å²) >= 11 is 0. The molecule has 3 aliphatic carbocycles. The number of hydrogen-bond donors (Lipinski definition) is 0. The molecule has 0 N–H and O–H groups in total. The Bertz CT molecular complexity index is 1540. The monoisotopic (exact) mass is 580 g/mol. The number of fused-ring (bicyclic) bond motifs is 6. The van der Waals surface area contributed by atoms with Crippen molar-refractivity contribution in [1.82, 2.24) is 0 Å². The predicted octanol–water partition coefficient (Wildman–Crippen LogP) is 2.18. The fraction of sp³-hybridized carbons (Fsp3) is 0.0909. The summed E-state index contributed by atoms with van der Waals surface area (Å²) in [5.74, 6) is 0.654. The molecule has 3 heteroatoms. The normalized spacial score (nSPS) is 18.4. The minimum atomic E-state index is 0. The molecule has 0 aliphatic heterocycles. The fourth-order valence-corrected chi connectivity index (χ4v) is 6.07. The molecule has 4 aromatic rings. The van der Waals surface area contributed by atoms with Crippen molar-refractivity contribution in [1.29, 1.82) is 0 Å². The third kappa shape index (κ3) is 4.22. The van der Waals surface area contributed by atoms with Crippen LogP contribution in [-0.2, 0) is 32.6 Å². The zero-order chi connectivity index (χ0) is 21.8. The fourth-order valence-electron chi connectivity index (χ4n) is 6.07. The molecule has 0 amide bonds. The maximum Gasteiger partial charge on any atom is 2.00 e. The van der Waals surface area contributed by atoms with Crippen molar-refractivity contribution in [3.8, 4) is 11.1 Å². The van der Waals surface area contributed by atoms with E-state index in [9.17, 15) is 0 Å². The Hall–Kier alpha value is -2.44. The van der Waals surface area contributed by atoms with E-state index in [1.54, 1.807) is 0 Å². The standard InChI is InChI=1S/C33H24.2ClH.Zr/c1-2-10-22(11-3-1)20-30-25-14-6-5-13-24(25)21-31(30)33-28-17-9-8-16-27(28)32-26-15-7-4-12-23(26)18-19-29(32)33;;;/h1-19,21,25,33H,20H2;2*1H;/q;;;+2/p-2. The molecule has 36 heavy (non-hydrogen) atoms. The Morgan fingerprint density at radius 2 is 1.42 bits per heavy atom. The Labute approximate surface area is 244 Å². The molecule has 0 bridgehead atoms. The van der Waals surface area contributed by atoms with Crippen LogP contribution in [0.15, 0.2) is 138 Å². The van der Waals surface area contributed by atoms with Gasteiger partial charge in [0.05, 0.1) is 0 Å². The van der Waals surface area contributed by atoms with Gasteiger partial charge in [-0.1, -0.05) is 127 Å². The number of halogens is 2. The maximum absolute atomic E-state index is 2.48. The minimum absolute atomic E-state index is 0. The van der Waals surface area contributed by atoms with Crippen molar-refractivity contribution in [2.75, 3.05) is 0 Å². The Balaban J connectivity index is 0.00000101. The van der Waals surface area contributed by atoms with E-state index in [2.05, 4.69) is 121 Å². The topological polar surface area (TPSA) is 0 Å². The minimum Gasteiger partial charge on any atom is -1.00 e. The first-order valence-electron chi connectivity index (χ1n) is 11.8. The van der Waals surface area contributed by atoms with Crippen molar-refractivity contribution in [2.24, 2.45) is 5.92 Å². The van der Waals surface area contributed by atoms with Crippen LogP contribution < -0.4 is 24.8 Å². The van der Waals surface area contributed by atoms with Crippen LogP contribution in [0.4, 0.5) is 0 Å². The molecular weight excluding hydrogens is 558 g/mol. The van der Waals surface area contributed by atoms with Gasteiger partial charge < -0.3 is 24.8 Å². The van der Waals surface area contributed by atoms with E-state index in [0.29, 0.717) is 5.92 Å². The molecule has 0 heterocycles. The van der Waals surface area contributed by atoms with Gasteiger partial charge in [-0.05, 0) is 56.2 Å². The second kappa shape index (κ2) is 10.9. The third-order valence-electron chi connectivity index (χ3n) is 7.49. The Morgan fingerprint density at radius 3 is 2.28 bits per heavy atom. The molecule has 4 aromatic carbocycles. The van der Waals surface area contributed by atoms with Crippen molar-refractivity contribution in [2.45, 2.75) is 12.3 Å². The van der Waals surface area contributed by atoms with Crippen molar-refractivity contribution < 1.29 is 51.0 Å². The van der Waals surface area contributed by atoms with E-state index in [4.69, 9.17) is 0 Å². The van der Waals surface area contributed by atoms with Gasteiger partial charge in [-0.15, -0.1) is 0 Å². The van der Waals surface area contributed by atoms with Crippen LogP contribution in [0.5, 0.6) is 0 Å². The van der Waals surface area contributed by atoms with Crippen LogP contribution in [-0.4, -0.2) is 0 Å². The van der Waals surface area contributed by atoms with E-state index in [1.165, 1.54) is 55.3 Å². The van der Waals surface area contributed by atoms with Gasteiger partial charge in [0.1, 0.15) is 0 Å². The average Bonchev–Trinajstić information content (AvgIpc) is 3.40. The number of allylic oxidation sites excluding steroid dienone is 8. The molecule has 0 nitrogen and oxygen atoms in total. The first-order chi connectivity index (χ1) is 16.4. The molecule has 0 saturated heterocycles. The summed E-state index contributed by atoms with van der Waals surface area (Å²) in [6, 6.07) is 33.5. The Morgan fingerprint density at radius 1 is 0.667 bits per heavy atom. The SMILES string of the molecule is C1=CC2=CC(C3c4ccccc4-c4c3ccc3ccccc43)=C(Cc3ccccc3)C2C=C1.[Cl-].[Cl-].[Zr+2]. The number of rotatable bonds is 3. The van der Waals surface area contributed by atoms with E-state index in [0.717, 1.165) is 6.42 Å². The van der Waals surface area contributed by atoms with Crippen LogP contribution in [0.1, 0.15) is 22.6 Å². The van der Waals surface area contributed by atoms with Gasteiger partial charge in [-0.2, -0.15) is 0 Å². The van der Waals surface area contributed by atoms with Gasteiger partial charge in [0.2, 0.25) is 0 Å². The summed E-state index contributed by atoms with van der Waals surface area (Å²) < 4.78 is 0. The van der Waals surface area contributed by atoms with Crippen molar-refractivity contribution in [3.63, 3.8) is 0 Å². The van der Waals surface area contributed by atoms with E-state index >= 15 is 0 Å². The first-order valence-corrected chi connectivity index (χ1v) is 11.8. The zero-order valence-corrected chi connectivity index (χ0v) is 23.6. The molecule has 0 saturated carbocycles. The van der Waals surface area contributed by atoms with Gasteiger partial charge in [-0.25, -0.2) is 0 Å². The third-order valence-corrected chi connectivity index (χ3v) is 7.49. The van der Waals surface area contributed by atoms with Crippen molar-refractivity contribution in [3.05, 3.63) is 155 Å². The van der Waals surface area contributed by atoms with E-state index in [1.807, 2.05) is 0 Å². The summed E-state index contributed by atoms with van der Waals surface area (Å²) in [4.78, 5) is 0. The Kier molecular flexibility index (Phi) is 8.06. The van der Waals surface area contributed by atoms with Gasteiger partial charge in [-0.3, -0.25) is 0 Å². The van der Waals surface area contributed by atoms with Gasteiger partial charge >= 0.3 is 26.2 Å². The van der Waals surface area contributed by atoms with Crippen LogP contribution in [0.3, 0.4) is 0 Å². The molecule has 0 aromatic heterocycles. The summed E-state index contributed by atoms with van der Waals surface area (Å²) in [7, 11) is 0. The van der Waals surface area contributed by atoms with Crippen LogP contribution in [0.2, 0.25) is 0 Å². The molecule has 0 spiro atoms. The van der Waals surface area contributed by atoms with Gasteiger partial charge in [0, 0.05) is 11.8 Å². The first kappa shape index (κ1) is 26.6. The summed E-state index contributed by atoms with van der Waals surface area (Å²) in [5, 5.41) is 2.67. The largest absolute Gasteiger partial charge is 2.00 e. The summed E-state index contributed by atoms with van der Waals surface area (Å²) in [6.45, 7) is 0. The molecule has 0 fully saturated rings. The second-order valence-electron chi connectivity index (χ2n) is 9.28. The second-order valence-corrected chi connectivity index (χ2v) is 9.28. The molecule has 3 aliphatic rings. The quantitative estimate of drug-likeness (QED) is 0.348. The number of benzene rings is 4. The molecule has 0 radical (unpaired) electrons. The zero-order valence-electron chi connectivity index (χ0n) is 19.7. The van der Waals surface area contributed by atoms with Crippen LogP contribution >= 0.6 is 0 Å². The summed E-state index contributed by atoms with van der Waals surface area (Å²) in [6.07, 6.45) is 12.5. The number of hydrogen-bond acceptors (Lipinski definition) is 0. The van der Waals surface area contributed by atoms with Crippen molar-refractivity contribution >= 4 is 10.8 Å². The van der Waals surface area contributed by atoms with E-state index in [-0.39, 0.29) is 56.9 Å².